The summed E-state index contributed by atoms with van der Waals surface area (Å²) in [6.07, 6.45) is 4.33. The number of halogens is 1. The van der Waals surface area contributed by atoms with Gasteiger partial charge in [0, 0.05) is 24.2 Å². The number of fused-ring (bicyclic) bond motifs is 1. The van der Waals surface area contributed by atoms with E-state index >= 15 is 0 Å². The number of hydrogen-bond donors (Lipinski definition) is 2. The smallest absolute Gasteiger partial charge is 0.0948 e. The van der Waals surface area contributed by atoms with Crippen LogP contribution in [0.1, 0.15) is 12.8 Å². The summed E-state index contributed by atoms with van der Waals surface area (Å²) in [6.45, 7) is 0.654. The molecule has 1 aliphatic carbocycles. The molecule has 3 nitrogen and oxygen atoms in total. The summed E-state index contributed by atoms with van der Waals surface area (Å²) in [5, 5.41) is 5.23. The third kappa shape index (κ3) is 2.16. The summed E-state index contributed by atoms with van der Waals surface area (Å²) in [5.41, 5.74) is 7.77. The third-order valence-electron chi connectivity index (χ3n) is 3.50. The van der Waals surface area contributed by atoms with Crippen molar-refractivity contribution >= 4 is 28.2 Å². The van der Waals surface area contributed by atoms with Crippen molar-refractivity contribution in [2.45, 2.75) is 18.9 Å². The highest BCUT2D eigenvalue weighted by Crippen LogP contribution is 2.35. The van der Waals surface area contributed by atoms with Gasteiger partial charge in [0.1, 0.15) is 0 Å². The Morgan fingerprint density at radius 2 is 2.22 bits per heavy atom. The molecule has 1 atom stereocenters. The maximum Gasteiger partial charge on any atom is 0.0948 e. The quantitative estimate of drug-likeness (QED) is 0.889. The molecule has 0 radical (unpaired) electrons. The Morgan fingerprint density at radius 3 is 2.94 bits per heavy atom. The Bertz CT molecular complexity index is 566. The fourth-order valence-corrected chi connectivity index (χ4v) is 2.54. The predicted molar refractivity (Wildman–Crippen MR) is 75.9 cm³/mol. The largest absolute Gasteiger partial charge is 0.379 e. The van der Waals surface area contributed by atoms with Gasteiger partial charge in [-0.2, -0.15) is 0 Å². The van der Waals surface area contributed by atoms with Crippen molar-refractivity contribution in [3.05, 3.63) is 35.5 Å². The van der Waals surface area contributed by atoms with Crippen LogP contribution < -0.4 is 11.1 Å². The number of nitrogens with zero attached hydrogens (tertiary/aromatic N) is 1. The highest BCUT2D eigenvalue weighted by atomic mass is 35.5. The Balaban J connectivity index is 1.98. The first-order valence-corrected chi connectivity index (χ1v) is 6.67. The van der Waals surface area contributed by atoms with Gasteiger partial charge in [0.05, 0.1) is 16.2 Å². The van der Waals surface area contributed by atoms with Gasteiger partial charge >= 0.3 is 0 Å². The highest BCUT2D eigenvalue weighted by Gasteiger charge is 2.30. The maximum absolute atomic E-state index is 6.18. The van der Waals surface area contributed by atoms with Crippen molar-refractivity contribution < 1.29 is 0 Å². The summed E-state index contributed by atoms with van der Waals surface area (Å²) in [5.74, 6) is 0.712. The molecule has 0 bridgehead atoms. The van der Waals surface area contributed by atoms with E-state index in [0.29, 0.717) is 18.5 Å². The summed E-state index contributed by atoms with van der Waals surface area (Å²) in [6, 6.07) is 8.14. The van der Waals surface area contributed by atoms with Gasteiger partial charge in [-0.15, -0.1) is 0 Å². The normalized spacial score (nSPS) is 16.8. The van der Waals surface area contributed by atoms with Crippen LogP contribution in [0.4, 0.5) is 5.69 Å². The van der Waals surface area contributed by atoms with Crippen molar-refractivity contribution in [2.24, 2.45) is 11.7 Å². The standard InChI is InChI=1S/C14H16ClN3/c15-11-5-6-12(14-10(11)2-1-7-17-14)18-13(8-16)9-3-4-9/h1-2,5-7,9,13,18H,3-4,8,16H2. The van der Waals surface area contributed by atoms with Crippen LogP contribution >= 0.6 is 11.6 Å². The van der Waals surface area contributed by atoms with Crippen molar-refractivity contribution in [3.8, 4) is 0 Å². The van der Waals surface area contributed by atoms with E-state index in [0.717, 1.165) is 21.6 Å². The lowest BCUT2D eigenvalue weighted by atomic mass is 10.1. The molecule has 0 spiro atoms. The Kier molecular flexibility index (Phi) is 3.10. The van der Waals surface area contributed by atoms with Crippen molar-refractivity contribution in [1.29, 1.82) is 0 Å². The number of pyridine rings is 1. The van der Waals surface area contributed by atoms with E-state index in [-0.39, 0.29) is 0 Å². The summed E-state index contributed by atoms with van der Waals surface area (Å²) >= 11 is 6.18. The minimum absolute atomic E-state index is 0.344. The zero-order valence-electron chi connectivity index (χ0n) is 10.1. The number of rotatable bonds is 4. The van der Waals surface area contributed by atoms with Gasteiger partial charge in [0.15, 0.2) is 0 Å². The second-order valence-electron chi connectivity index (χ2n) is 4.82. The predicted octanol–water partition coefficient (Wildman–Crippen LogP) is 3.04. The molecule has 1 unspecified atom stereocenters. The van der Waals surface area contributed by atoms with Crippen LogP contribution in [0.2, 0.25) is 5.02 Å². The van der Waals surface area contributed by atoms with Gasteiger partial charge in [-0.3, -0.25) is 4.98 Å². The van der Waals surface area contributed by atoms with Crippen molar-refractivity contribution in [2.75, 3.05) is 11.9 Å². The Morgan fingerprint density at radius 1 is 1.39 bits per heavy atom. The molecule has 94 valence electrons. The molecular formula is C14H16ClN3. The Labute approximate surface area is 111 Å². The van der Waals surface area contributed by atoms with Gasteiger partial charge in [0.2, 0.25) is 0 Å². The van der Waals surface area contributed by atoms with Gasteiger partial charge in [-0.1, -0.05) is 11.6 Å². The van der Waals surface area contributed by atoms with E-state index < -0.39 is 0 Å². The average molecular weight is 262 g/mol. The van der Waals surface area contributed by atoms with Crippen LogP contribution in [0.3, 0.4) is 0 Å². The number of anilines is 1. The molecule has 1 aromatic carbocycles. The fraction of sp³-hybridized carbons (Fsp3) is 0.357. The molecule has 0 amide bonds. The van der Waals surface area contributed by atoms with Crippen LogP contribution in [-0.2, 0) is 0 Å². The third-order valence-corrected chi connectivity index (χ3v) is 3.83. The summed E-state index contributed by atoms with van der Waals surface area (Å²) < 4.78 is 0. The van der Waals surface area contributed by atoms with E-state index in [4.69, 9.17) is 17.3 Å². The molecule has 3 rings (SSSR count). The van der Waals surface area contributed by atoms with Crippen LogP contribution in [0, 0.1) is 5.92 Å². The molecule has 1 heterocycles. The van der Waals surface area contributed by atoms with Crippen molar-refractivity contribution in [3.63, 3.8) is 0 Å². The van der Waals surface area contributed by atoms with E-state index in [2.05, 4.69) is 10.3 Å². The Hall–Kier alpha value is -1.32. The number of hydrogen-bond acceptors (Lipinski definition) is 3. The van der Waals surface area contributed by atoms with Crippen LogP contribution in [0.15, 0.2) is 30.5 Å². The van der Waals surface area contributed by atoms with Crippen LogP contribution in [-0.4, -0.2) is 17.6 Å². The first-order chi connectivity index (χ1) is 8.79. The van der Waals surface area contributed by atoms with Gasteiger partial charge < -0.3 is 11.1 Å². The fourth-order valence-electron chi connectivity index (χ4n) is 2.32. The van der Waals surface area contributed by atoms with Gasteiger partial charge in [-0.25, -0.2) is 0 Å². The zero-order valence-corrected chi connectivity index (χ0v) is 10.8. The topological polar surface area (TPSA) is 50.9 Å². The van der Waals surface area contributed by atoms with Gasteiger partial charge in [-0.05, 0) is 43.0 Å². The van der Waals surface area contributed by atoms with Crippen molar-refractivity contribution in [1.82, 2.24) is 4.98 Å². The lowest BCUT2D eigenvalue weighted by molar-refractivity contribution is 0.646. The molecule has 2 aromatic rings. The molecule has 0 saturated heterocycles. The number of nitrogens with two attached hydrogens (primary N) is 1. The van der Waals surface area contributed by atoms with Gasteiger partial charge in [0.25, 0.3) is 0 Å². The first-order valence-electron chi connectivity index (χ1n) is 6.29. The SMILES string of the molecule is NCC(Nc1ccc(Cl)c2cccnc12)C1CC1. The average Bonchev–Trinajstić information content (AvgIpc) is 3.23. The molecule has 1 aromatic heterocycles. The molecule has 3 N–H and O–H groups in total. The number of nitrogens with one attached hydrogen (secondary N) is 1. The highest BCUT2D eigenvalue weighted by molar-refractivity contribution is 6.35. The monoisotopic (exact) mass is 261 g/mol. The van der Waals surface area contributed by atoms with E-state index in [1.807, 2.05) is 24.3 Å². The number of benzene rings is 1. The van der Waals surface area contributed by atoms with E-state index in [1.165, 1.54) is 12.8 Å². The maximum atomic E-state index is 6.18. The summed E-state index contributed by atoms with van der Waals surface area (Å²) in [4.78, 5) is 4.42. The second-order valence-corrected chi connectivity index (χ2v) is 5.23. The summed E-state index contributed by atoms with van der Waals surface area (Å²) in [7, 11) is 0. The second kappa shape index (κ2) is 4.75. The number of aromatic nitrogens is 1. The van der Waals surface area contributed by atoms with E-state index in [1.54, 1.807) is 6.20 Å². The lowest BCUT2D eigenvalue weighted by Gasteiger charge is -2.18. The minimum Gasteiger partial charge on any atom is -0.379 e. The lowest BCUT2D eigenvalue weighted by Crippen LogP contribution is -2.30. The molecule has 0 aliphatic heterocycles. The van der Waals surface area contributed by atoms with Crippen LogP contribution in [0.25, 0.3) is 10.9 Å². The zero-order chi connectivity index (χ0) is 12.5. The minimum atomic E-state index is 0.344. The van der Waals surface area contributed by atoms with E-state index in [9.17, 15) is 0 Å². The molecule has 18 heavy (non-hydrogen) atoms. The molecule has 4 heteroatoms. The molecule has 1 aliphatic rings. The van der Waals surface area contributed by atoms with Crippen LogP contribution in [0.5, 0.6) is 0 Å². The molecule has 1 saturated carbocycles. The molecular weight excluding hydrogens is 246 g/mol. The molecule has 1 fully saturated rings. The first kappa shape index (κ1) is 11.8.